The summed E-state index contributed by atoms with van der Waals surface area (Å²) in [6.07, 6.45) is -3.58. The normalized spacial score (nSPS) is 30.9. The molecule has 0 unspecified atom stereocenters. The molecule has 39 heavy (non-hydrogen) atoms. The number of nitrogens with one attached hydrogen (secondary N) is 2. The Morgan fingerprint density at radius 1 is 0.641 bits per heavy atom. The highest BCUT2D eigenvalue weighted by Gasteiger charge is 2.45. The average molecular weight is 547 g/mol. The lowest BCUT2D eigenvalue weighted by Gasteiger charge is -2.16. The summed E-state index contributed by atoms with van der Waals surface area (Å²) in [7, 11) is 0. The molecule has 4 aromatic heterocycles. The van der Waals surface area contributed by atoms with Gasteiger partial charge in [0.15, 0.2) is 46.4 Å². The second-order valence-electron chi connectivity index (χ2n) is 9.08. The third kappa shape index (κ3) is 4.22. The summed E-state index contributed by atoms with van der Waals surface area (Å²) >= 11 is 0. The van der Waals surface area contributed by atoms with E-state index in [2.05, 4.69) is 40.5 Å². The topological polar surface area (TPSA) is 251 Å². The lowest BCUT2D eigenvalue weighted by molar-refractivity contribution is -0.0511. The van der Waals surface area contributed by atoms with Crippen molar-refractivity contribution in [1.82, 2.24) is 39.0 Å². The molecule has 0 radical (unpaired) electrons. The molecule has 8 atom stereocenters. The number of anilines is 2. The molecule has 2 saturated heterocycles. The summed E-state index contributed by atoms with van der Waals surface area (Å²) < 4.78 is 14.1. The predicted molar refractivity (Wildman–Crippen MR) is 129 cm³/mol. The van der Waals surface area contributed by atoms with Crippen LogP contribution in [0.15, 0.2) is 25.3 Å². The largest absolute Gasteiger partial charge is 0.394 e. The number of nitrogens with zero attached hydrogens (tertiary/aromatic N) is 8. The van der Waals surface area contributed by atoms with Crippen LogP contribution in [0.4, 0.5) is 11.6 Å². The molecule has 8 N–H and O–H groups in total. The lowest BCUT2D eigenvalue weighted by Crippen LogP contribution is -2.33. The van der Waals surface area contributed by atoms with Gasteiger partial charge in [-0.25, -0.2) is 29.9 Å². The van der Waals surface area contributed by atoms with Crippen molar-refractivity contribution in [3.63, 3.8) is 0 Å². The molecule has 6 rings (SSSR count). The highest BCUT2D eigenvalue weighted by Crippen LogP contribution is 2.33. The van der Waals surface area contributed by atoms with Gasteiger partial charge in [0.2, 0.25) is 0 Å². The van der Waals surface area contributed by atoms with Crippen LogP contribution in [0.1, 0.15) is 12.5 Å². The van der Waals surface area contributed by atoms with Gasteiger partial charge in [0.25, 0.3) is 0 Å². The summed E-state index contributed by atoms with van der Waals surface area (Å²) in [4.78, 5) is 25.5. The van der Waals surface area contributed by atoms with Crippen molar-refractivity contribution in [2.45, 2.75) is 49.1 Å². The van der Waals surface area contributed by atoms with Gasteiger partial charge in [-0.3, -0.25) is 9.13 Å². The first-order chi connectivity index (χ1) is 18.9. The van der Waals surface area contributed by atoms with Crippen LogP contribution in [-0.2, 0) is 9.47 Å². The van der Waals surface area contributed by atoms with E-state index in [4.69, 9.17) is 9.47 Å². The summed E-state index contributed by atoms with van der Waals surface area (Å²) in [5.74, 6) is 0.723. The van der Waals surface area contributed by atoms with Gasteiger partial charge in [-0.1, -0.05) is 0 Å². The molecule has 2 fully saturated rings. The number of aromatic nitrogens is 8. The maximum atomic E-state index is 10.4. The fourth-order valence-electron chi connectivity index (χ4n) is 4.77. The number of aliphatic hydroxyl groups is 6. The Morgan fingerprint density at radius 2 is 1.08 bits per heavy atom. The molecule has 208 valence electrons. The van der Waals surface area contributed by atoms with Crippen LogP contribution < -0.4 is 10.6 Å². The Kier molecular flexibility index (Phi) is 6.69. The number of ether oxygens (including phenoxy) is 2. The number of aliphatic hydroxyl groups excluding tert-OH is 6. The molecule has 18 heteroatoms. The molecule has 18 nitrogen and oxygen atoms in total. The Labute approximate surface area is 218 Å². The maximum Gasteiger partial charge on any atom is 0.167 e. The van der Waals surface area contributed by atoms with Crippen LogP contribution in [0, 0.1) is 0 Å². The van der Waals surface area contributed by atoms with Crippen molar-refractivity contribution < 1.29 is 40.1 Å². The SMILES string of the molecule is OC[C@H]1O[C@@H](n2cnc3c(NCNc4ncnc5c4ncn5[C@@H]4O[C@H](CO)[C@@H](O)[C@H]4O)ncnc32)[C@H](O)[C@@H]1O. The molecule has 2 aliphatic heterocycles. The Hall–Kier alpha value is -3.62. The van der Waals surface area contributed by atoms with Gasteiger partial charge in [0.05, 0.1) is 32.5 Å². The predicted octanol–water partition coefficient (Wildman–Crippen LogP) is -3.33. The first kappa shape index (κ1) is 25.6. The zero-order valence-electron chi connectivity index (χ0n) is 20.1. The molecule has 0 spiro atoms. The molecule has 6 heterocycles. The molecular weight excluding hydrogens is 520 g/mol. The molecule has 0 bridgehead atoms. The van der Waals surface area contributed by atoms with Crippen molar-refractivity contribution in [3.05, 3.63) is 25.3 Å². The number of fused-ring (bicyclic) bond motifs is 2. The number of imidazole rings is 2. The Balaban J connectivity index is 1.18. The third-order valence-electron chi connectivity index (χ3n) is 6.81. The smallest absolute Gasteiger partial charge is 0.167 e. The highest BCUT2D eigenvalue weighted by atomic mass is 16.6. The lowest BCUT2D eigenvalue weighted by atomic mass is 10.1. The molecular formula is C21H26N10O8. The van der Waals surface area contributed by atoms with Crippen molar-refractivity contribution in [2.24, 2.45) is 0 Å². The van der Waals surface area contributed by atoms with E-state index in [0.29, 0.717) is 34.0 Å². The Bertz CT molecular complexity index is 1360. The standard InChI is InChI=1S/C21H26N10O8/c32-1-8-12(34)14(36)20(38-8)30-6-28-10-16(24-4-26-18(10)30)22-3-23-17-11-19(27-5-25-17)31(7-29-11)21-15(37)13(35)9(2-33)39-21/h4-9,12-15,20-21,32-37H,1-3H2,(H,22,24,26)(H,23,25,27)/t8-,9-,12-,13-,14-,15-,20-,21-/m1/s1. The number of hydrogen-bond donors (Lipinski definition) is 8. The van der Waals surface area contributed by atoms with Gasteiger partial charge in [-0.15, -0.1) is 0 Å². The van der Waals surface area contributed by atoms with Gasteiger partial charge < -0.3 is 50.7 Å². The summed E-state index contributed by atoms with van der Waals surface area (Å²) in [6, 6.07) is 0. The second-order valence-corrected chi connectivity index (χ2v) is 9.08. The molecule has 4 aromatic rings. The minimum Gasteiger partial charge on any atom is -0.394 e. The second kappa shape index (κ2) is 10.2. The van der Waals surface area contributed by atoms with E-state index in [-0.39, 0.29) is 6.67 Å². The van der Waals surface area contributed by atoms with Gasteiger partial charge in [0, 0.05) is 0 Å². The minimum atomic E-state index is -1.29. The van der Waals surface area contributed by atoms with E-state index < -0.39 is 62.3 Å². The molecule has 0 saturated carbocycles. The van der Waals surface area contributed by atoms with Crippen LogP contribution in [0.3, 0.4) is 0 Å². The van der Waals surface area contributed by atoms with Crippen LogP contribution >= 0.6 is 0 Å². The zero-order chi connectivity index (χ0) is 27.3. The van der Waals surface area contributed by atoms with E-state index in [0.717, 1.165) is 0 Å². The monoisotopic (exact) mass is 546 g/mol. The van der Waals surface area contributed by atoms with Crippen LogP contribution in [0.5, 0.6) is 0 Å². The first-order valence-electron chi connectivity index (χ1n) is 12.0. The van der Waals surface area contributed by atoms with E-state index in [1.807, 2.05) is 0 Å². The van der Waals surface area contributed by atoms with Crippen molar-refractivity contribution in [1.29, 1.82) is 0 Å². The van der Waals surface area contributed by atoms with Crippen LogP contribution in [0.2, 0.25) is 0 Å². The molecule has 0 aromatic carbocycles. The first-order valence-corrected chi connectivity index (χ1v) is 12.0. The summed E-state index contributed by atoms with van der Waals surface area (Å²) in [6.45, 7) is -0.787. The molecule has 0 aliphatic carbocycles. The van der Waals surface area contributed by atoms with Gasteiger partial charge >= 0.3 is 0 Å². The third-order valence-corrected chi connectivity index (χ3v) is 6.81. The average Bonchev–Trinajstić information content (AvgIpc) is 3.70. The fourth-order valence-corrected chi connectivity index (χ4v) is 4.77. The molecule has 0 amide bonds. The zero-order valence-corrected chi connectivity index (χ0v) is 20.1. The minimum absolute atomic E-state index is 0.125. The van der Waals surface area contributed by atoms with Gasteiger partial charge in [-0.2, -0.15) is 0 Å². The van der Waals surface area contributed by atoms with Crippen LogP contribution in [-0.4, -0.2) is 126 Å². The fraction of sp³-hybridized carbons (Fsp3) is 0.524. The van der Waals surface area contributed by atoms with Crippen molar-refractivity contribution >= 4 is 34.0 Å². The van der Waals surface area contributed by atoms with E-state index in [9.17, 15) is 30.6 Å². The number of rotatable bonds is 8. The quantitative estimate of drug-likeness (QED) is 0.101. The Morgan fingerprint density at radius 3 is 1.46 bits per heavy atom. The van der Waals surface area contributed by atoms with Crippen molar-refractivity contribution in [2.75, 3.05) is 30.5 Å². The van der Waals surface area contributed by atoms with E-state index in [1.54, 1.807) is 0 Å². The van der Waals surface area contributed by atoms with Crippen molar-refractivity contribution in [3.8, 4) is 0 Å². The summed E-state index contributed by atoms with van der Waals surface area (Å²) in [5.41, 5.74) is 1.42. The van der Waals surface area contributed by atoms with E-state index >= 15 is 0 Å². The van der Waals surface area contributed by atoms with Gasteiger partial charge in [0.1, 0.15) is 49.3 Å². The molecule has 2 aliphatic rings. The summed E-state index contributed by atoms with van der Waals surface area (Å²) in [5, 5.41) is 65.8. The highest BCUT2D eigenvalue weighted by molar-refractivity contribution is 5.84. The number of hydrogen-bond acceptors (Lipinski definition) is 16. The van der Waals surface area contributed by atoms with Crippen LogP contribution in [0.25, 0.3) is 22.3 Å². The van der Waals surface area contributed by atoms with E-state index in [1.165, 1.54) is 34.4 Å². The maximum absolute atomic E-state index is 10.4. The van der Waals surface area contributed by atoms with Gasteiger partial charge in [-0.05, 0) is 0 Å².